The fourth-order valence-electron chi connectivity index (χ4n) is 2.97. The van der Waals surface area contributed by atoms with Gasteiger partial charge in [0.1, 0.15) is 5.75 Å². The van der Waals surface area contributed by atoms with E-state index in [9.17, 15) is 0 Å². The molecule has 2 aromatic carbocycles. The molecular formula is C20H26N6O. The van der Waals surface area contributed by atoms with E-state index in [0.717, 1.165) is 23.3 Å². The highest BCUT2D eigenvalue weighted by molar-refractivity contribution is 6.00. The van der Waals surface area contributed by atoms with Crippen molar-refractivity contribution in [2.24, 2.45) is 21.5 Å². The van der Waals surface area contributed by atoms with E-state index in [2.05, 4.69) is 20.6 Å². The van der Waals surface area contributed by atoms with Crippen LogP contribution in [0.5, 0.6) is 5.75 Å². The van der Waals surface area contributed by atoms with Crippen LogP contribution in [-0.2, 0) is 6.42 Å². The molecule has 0 amide bonds. The molecule has 1 aliphatic rings. The van der Waals surface area contributed by atoms with Crippen molar-refractivity contribution in [3.8, 4) is 5.75 Å². The van der Waals surface area contributed by atoms with Crippen molar-refractivity contribution in [3.05, 3.63) is 65.7 Å². The summed E-state index contributed by atoms with van der Waals surface area (Å²) in [6.07, 6.45) is 1.28. The van der Waals surface area contributed by atoms with Gasteiger partial charge in [0.25, 0.3) is 0 Å². The Balaban J connectivity index is 1.71. The summed E-state index contributed by atoms with van der Waals surface area (Å²) in [7, 11) is 1.65. The minimum absolute atomic E-state index is 0.0465. The third kappa shape index (κ3) is 4.98. The summed E-state index contributed by atoms with van der Waals surface area (Å²) in [5.74, 6) is 0.569. The van der Waals surface area contributed by atoms with E-state index in [0.29, 0.717) is 12.4 Å². The Hall–Kier alpha value is -3.06. The van der Waals surface area contributed by atoms with Crippen LogP contribution in [0.2, 0.25) is 0 Å². The van der Waals surface area contributed by atoms with Crippen molar-refractivity contribution in [1.82, 2.24) is 10.6 Å². The lowest BCUT2D eigenvalue weighted by atomic mass is 10.1. The molecule has 0 spiro atoms. The van der Waals surface area contributed by atoms with Crippen LogP contribution in [0, 0.1) is 0 Å². The topological polar surface area (TPSA) is 110 Å². The zero-order valence-electron chi connectivity index (χ0n) is 15.6. The average molecular weight is 366 g/mol. The second-order valence-electron chi connectivity index (χ2n) is 6.59. The Morgan fingerprint density at radius 1 is 1.19 bits per heavy atom. The van der Waals surface area contributed by atoms with Crippen LogP contribution in [-0.4, -0.2) is 24.8 Å². The number of benzene rings is 2. The fraction of sp³-hybridized carbons (Fsp3) is 0.300. The smallest absolute Gasteiger partial charge is 0.201 e. The molecule has 0 saturated heterocycles. The molecule has 0 radical (unpaired) electrons. The summed E-state index contributed by atoms with van der Waals surface area (Å²) in [5.41, 5.74) is 14.6. The molecule has 6 N–H and O–H groups in total. The molecule has 3 rings (SSSR count). The quantitative estimate of drug-likeness (QED) is 0.624. The number of aliphatic imine (C=N–C) groups is 2. The van der Waals surface area contributed by atoms with E-state index in [1.807, 2.05) is 61.5 Å². The number of methoxy groups -OCH3 is 1. The first-order valence-corrected chi connectivity index (χ1v) is 8.92. The lowest BCUT2D eigenvalue weighted by molar-refractivity contribution is 0.368. The first-order chi connectivity index (χ1) is 13.0. The lowest BCUT2D eigenvalue weighted by Gasteiger charge is -2.33. The van der Waals surface area contributed by atoms with Crippen LogP contribution >= 0.6 is 0 Å². The number of ether oxygens (including phenoxy) is 1. The van der Waals surface area contributed by atoms with Crippen molar-refractivity contribution in [2.45, 2.75) is 31.6 Å². The summed E-state index contributed by atoms with van der Waals surface area (Å²) < 4.78 is 5.27. The van der Waals surface area contributed by atoms with Crippen molar-refractivity contribution < 1.29 is 4.74 Å². The number of nitrogens with one attached hydrogen (secondary N) is 2. The van der Waals surface area contributed by atoms with Gasteiger partial charge in [-0.15, -0.1) is 0 Å². The molecule has 1 aliphatic heterocycles. The summed E-state index contributed by atoms with van der Waals surface area (Å²) in [5, 5.41) is 6.13. The Labute approximate surface area is 159 Å². The highest BCUT2D eigenvalue weighted by Gasteiger charge is 2.30. The lowest BCUT2D eigenvalue weighted by Crippen LogP contribution is -2.64. The molecule has 0 bridgehead atoms. The largest absolute Gasteiger partial charge is 0.497 e. The van der Waals surface area contributed by atoms with Gasteiger partial charge in [0.15, 0.2) is 11.7 Å². The van der Waals surface area contributed by atoms with Gasteiger partial charge >= 0.3 is 0 Å². The van der Waals surface area contributed by atoms with Crippen LogP contribution in [0.1, 0.15) is 30.5 Å². The van der Waals surface area contributed by atoms with Crippen LogP contribution in [0.25, 0.3) is 0 Å². The van der Waals surface area contributed by atoms with Gasteiger partial charge in [-0.3, -0.25) is 11.1 Å². The molecule has 0 saturated carbocycles. The third-order valence-electron chi connectivity index (χ3n) is 4.43. The van der Waals surface area contributed by atoms with Crippen molar-refractivity contribution >= 4 is 11.9 Å². The Morgan fingerprint density at radius 3 is 2.70 bits per heavy atom. The monoisotopic (exact) mass is 366 g/mol. The molecule has 7 nitrogen and oxygen atoms in total. The van der Waals surface area contributed by atoms with Gasteiger partial charge in [-0.25, -0.2) is 9.98 Å². The van der Waals surface area contributed by atoms with Crippen molar-refractivity contribution in [3.63, 3.8) is 0 Å². The molecular weight excluding hydrogens is 340 g/mol. The first kappa shape index (κ1) is 18.7. The van der Waals surface area contributed by atoms with Gasteiger partial charge < -0.3 is 15.8 Å². The summed E-state index contributed by atoms with van der Waals surface area (Å²) >= 11 is 0. The first-order valence-electron chi connectivity index (χ1n) is 8.92. The predicted octanol–water partition coefficient (Wildman–Crippen LogP) is 1.87. The summed E-state index contributed by atoms with van der Waals surface area (Å²) in [6, 6.07) is 17.9. The molecule has 0 fully saturated rings. The predicted molar refractivity (Wildman–Crippen MR) is 108 cm³/mol. The molecule has 2 aromatic rings. The van der Waals surface area contributed by atoms with Gasteiger partial charge in [-0.2, -0.15) is 0 Å². The standard InChI is InChI=1S/C20H26N6O/c1-14(16-8-4-3-5-9-16)23-19-24-18(21)25-20(22,26-19)12-11-15-7-6-10-17(13-15)27-2/h3-10,13-14H,11-12,22H2,1-2H3,(H4,21,23,24,25,26)/t14-,20?/m0/s1. The number of hydrogen-bond acceptors (Lipinski definition) is 5. The van der Waals surface area contributed by atoms with Crippen LogP contribution in [0.15, 0.2) is 64.6 Å². The summed E-state index contributed by atoms with van der Waals surface area (Å²) in [6.45, 7) is 2.02. The van der Waals surface area contributed by atoms with Gasteiger partial charge in [0.05, 0.1) is 13.2 Å². The molecule has 1 unspecified atom stereocenters. The second kappa shape index (κ2) is 8.09. The Kier molecular flexibility index (Phi) is 5.61. The SMILES string of the molecule is COc1cccc(CCC2(N)N=C(N)NC(=N[C@@H](C)c3ccccc3)N2)c1. The second-order valence-corrected chi connectivity index (χ2v) is 6.59. The maximum Gasteiger partial charge on any atom is 0.201 e. The van der Waals surface area contributed by atoms with Crippen LogP contribution in [0.3, 0.4) is 0 Å². The van der Waals surface area contributed by atoms with Crippen molar-refractivity contribution in [1.29, 1.82) is 0 Å². The number of nitrogens with zero attached hydrogens (tertiary/aromatic N) is 2. The molecule has 7 heteroatoms. The minimum atomic E-state index is -1.02. The number of aryl methyl sites for hydroxylation is 1. The average Bonchev–Trinajstić information content (AvgIpc) is 2.66. The normalized spacial score (nSPS) is 21.7. The third-order valence-corrected chi connectivity index (χ3v) is 4.43. The van der Waals surface area contributed by atoms with Crippen LogP contribution in [0.4, 0.5) is 0 Å². The highest BCUT2D eigenvalue weighted by Crippen LogP contribution is 2.19. The zero-order valence-corrected chi connectivity index (χ0v) is 15.6. The summed E-state index contributed by atoms with van der Waals surface area (Å²) in [4.78, 5) is 9.01. The Morgan fingerprint density at radius 2 is 1.96 bits per heavy atom. The van der Waals surface area contributed by atoms with E-state index < -0.39 is 5.79 Å². The van der Waals surface area contributed by atoms with E-state index >= 15 is 0 Å². The molecule has 0 aliphatic carbocycles. The van der Waals surface area contributed by atoms with Gasteiger partial charge in [-0.05, 0) is 36.6 Å². The van der Waals surface area contributed by atoms with Crippen LogP contribution < -0.4 is 26.8 Å². The van der Waals surface area contributed by atoms with Gasteiger partial charge in [0.2, 0.25) is 5.96 Å². The van der Waals surface area contributed by atoms with Gasteiger partial charge in [0, 0.05) is 6.42 Å². The van der Waals surface area contributed by atoms with E-state index in [1.165, 1.54) is 0 Å². The molecule has 142 valence electrons. The molecule has 0 aromatic heterocycles. The van der Waals surface area contributed by atoms with E-state index in [4.69, 9.17) is 16.2 Å². The number of rotatable bonds is 6. The van der Waals surface area contributed by atoms with Gasteiger partial charge in [-0.1, -0.05) is 42.5 Å². The molecule has 27 heavy (non-hydrogen) atoms. The molecule has 2 atom stereocenters. The number of nitrogens with two attached hydrogens (primary N) is 2. The molecule has 1 heterocycles. The van der Waals surface area contributed by atoms with E-state index in [1.54, 1.807) is 7.11 Å². The van der Waals surface area contributed by atoms with Crippen molar-refractivity contribution in [2.75, 3.05) is 7.11 Å². The Bertz CT molecular complexity index is 835. The maximum atomic E-state index is 6.44. The number of hydrogen-bond donors (Lipinski definition) is 4. The fourth-order valence-corrected chi connectivity index (χ4v) is 2.97. The van der Waals surface area contributed by atoms with E-state index in [-0.39, 0.29) is 12.0 Å². The number of guanidine groups is 2. The highest BCUT2D eigenvalue weighted by atomic mass is 16.5. The minimum Gasteiger partial charge on any atom is -0.497 e. The maximum absolute atomic E-state index is 6.44. The zero-order chi connectivity index (χ0) is 19.3.